The topological polar surface area (TPSA) is 26.9 Å². The van der Waals surface area contributed by atoms with Gasteiger partial charge in [0.05, 0.1) is 11.0 Å². The summed E-state index contributed by atoms with van der Waals surface area (Å²) in [7, 11) is 0. The molecule has 0 N–H and O–H groups in total. The molecule has 1 aromatic heterocycles. The maximum atomic E-state index is 12.1. The lowest BCUT2D eigenvalue weighted by atomic mass is 10.3. The normalized spacial score (nSPS) is 10.6. The van der Waals surface area contributed by atoms with Gasteiger partial charge in [-0.3, -0.25) is 9.13 Å². The first-order valence-electron chi connectivity index (χ1n) is 5.14. The van der Waals surface area contributed by atoms with Gasteiger partial charge in [-0.2, -0.15) is 0 Å². The van der Waals surface area contributed by atoms with Gasteiger partial charge in [0, 0.05) is 12.2 Å². The Hall–Kier alpha value is -2.03. The molecule has 0 saturated heterocycles. The number of hydrogen-bond donors (Lipinski definition) is 0. The Morgan fingerprint density at radius 1 is 1.38 bits per heavy atom. The predicted molar refractivity (Wildman–Crippen MR) is 67.4 cm³/mol. The Kier molecular flexibility index (Phi) is 2.52. The predicted octanol–water partition coefficient (Wildman–Crippen LogP) is 2.48. The lowest BCUT2D eigenvalue weighted by Gasteiger charge is -1.99. The van der Waals surface area contributed by atoms with E-state index in [1.165, 1.54) is 0 Å². The molecule has 2 rings (SSSR count). The molecule has 0 aliphatic carbocycles. The summed E-state index contributed by atoms with van der Waals surface area (Å²) in [5.41, 5.74) is 2.47. The fourth-order valence-corrected chi connectivity index (χ4v) is 1.88. The van der Waals surface area contributed by atoms with E-state index in [1.54, 1.807) is 15.2 Å². The first kappa shape index (κ1) is 10.5. The molecule has 1 aromatic carbocycles. The van der Waals surface area contributed by atoms with Crippen molar-refractivity contribution in [2.75, 3.05) is 0 Å². The van der Waals surface area contributed by atoms with E-state index in [2.05, 4.69) is 13.2 Å². The van der Waals surface area contributed by atoms with Crippen LogP contribution < -0.4 is 5.69 Å². The van der Waals surface area contributed by atoms with Gasteiger partial charge >= 0.3 is 5.69 Å². The molecule has 16 heavy (non-hydrogen) atoms. The number of rotatable bonds is 3. The third-order valence-electron chi connectivity index (χ3n) is 2.53. The minimum absolute atomic E-state index is 0.0615. The summed E-state index contributed by atoms with van der Waals surface area (Å²) in [5.74, 6) is 0. The Morgan fingerprint density at radius 2 is 2.00 bits per heavy atom. The van der Waals surface area contributed by atoms with Gasteiger partial charge in [-0.1, -0.05) is 24.8 Å². The van der Waals surface area contributed by atoms with Crippen molar-refractivity contribution in [3.63, 3.8) is 0 Å². The summed E-state index contributed by atoms with van der Waals surface area (Å²) in [5, 5.41) is 0. The van der Waals surface area contributed by atoms with E-state index >= 15 is 0 Å². The van der Waals surface area contributed by atoms with Gasteiger partial charge in [-0.05, 0) is 19.1 Å². The third-order valence-corrected chi connectivity index (χ3v) is 2.53. The molecule has 0 radical (unpaired) electrons. The number of nitrogens with zero attached hydrogens (tertiary/aromatic N) is 2. The van der Waals surface area contributed by atoms with Crippen LogP contribution in [0.5, 0.6) is 0 Å². The SMILES string of the molecule is C=CCn1c(=O)n(C(=C)C)c2ccccc21. The molecule has 0 aliphatic heterocycles. The summed E-state index contributed by atoms with van der Waals surface area (Å²) in [6, 6.07) is 7.69. The lowest BCUT2D eigenvalue weighted by molar-refractivity contribution is 0.785. The number of hydrogen-bond acceptors (Lipinski definition) is 1. The van der Waals surface area contributed by atoms with E-state index in [1.807, 2.05) is 31.2 Å². The number of fused-ring (bicyclic) bond motifs is 1. The number of imidazole rings is 1. The first-order valence-corrected chi connectivity index (χ1v) is 5.14. The highest BCUT2D eigenvalue weighted by Crippen LogP contribution is 2.15. The largest absolute Gasteiger partial charge is 0.333 e. The average Bonchev–Trinajstić information content (AvgIpc) is 2.53. The van der Waals surface area contributed by atoms with Crippen molar-refractivity contribution >= 4 is 16.7 Å². The Morgan fingerprint density at radius 3 is 2.56 bits per heavy atom. The second-order valence-electron chi connectivity index (χ2n) is 3.74. The zero-order valence-electron chi connectivity index (χ0n) is 9.31. The number of benzene rings is 1. The van der Waals surface area contributed by atoms with Crippen LogP contribution in [0.3, 0.4) is 0 Å². The fourth-order valence-electron chi connectivity index (χ4n) is 1.88. The van der Waals surface area contributed by atoms with Crippen LogP contribution >= 0.6 is 0 Å². The molecule has 0 fully saturated rings. The molecule has 82 valence electrons. The van der Waals surface area contributed by atoms with Crippen molar-refractivity contribution in [3.8, 4) is 0 Å². The van der Waals surface area contributed by atoms with Crippen LogP contribution in [-0.2, 0) is 6.54 Å². The molecule has 0 amide bonds. The molecule has 0 bridgehead atoms. The molecule has 0 atom stereocenters. The van der Waals surface area contributed by atoms with E-state index in [0.717, 1.165) is 16.7 Å². The average molecular weight is 214 g/mol. The van der Waals surface area contributed by atoms with E-state index in [-0.39, 0.29) is 5.69 Å². The van der Waals surface area contributed by atoms with Gasteiger partial charge in [0.25, 0.3) is 0 Å². The summed E-state index contributed by atoms with van der Waals surface area (Å²) >= 11 is 0. The molecule has 0 spiro atoms. The molecule has 1 heterocycles. The van der Waals surface area contributed by atoms with E-state index in [4.69, 9.17) is 0 Å². The highest BCUT2D eigenvalue weighted by atomic mass is 16.1. The van der Waals surface area contributed by atoms with E-state index in [9.17, 15) is 4.79 Å². The zero-order chi connectivity index (χ0) is 11.7. The first-order chi connectivity index (χ1) is 7.66. The molecule has 0 unspecified atom stereocenters. The van der Waals surface area contributed by atoms with Crippen LogP contribution in [0, 0.1) is 0 Å². The molecule has 3 heteroatoms. The molecule has 2 aromatic rings. The standard InChI is InChI=1S/C13H14N2O/c1-4-9-14-11-7-5-6-8-12(11)15(10(2)3)13(14)16/h4-8H,1-2,9H2,3H3. The number of allylic oxidation sites excluding steroid dienone is 2. The summed E-state index contributed by atoms with van der Waals surface area (Å²) < 4.78 is 3.32. The maximum absolute atomic E-state index is 12.1. The smallest absolute Gasteiger partial charge is 0.288 e. The van der Waals surface area contributed by atoms with Gasteiger partial charge in [-0.25, -0.2) is 4.79 Å². The molecule has 3 nitrogen and oxygen atoms in total. The summed E-state index contributed by atoms with van der Waals surface area (Å²) in [4.78, 5) is 12.1. The lowest BCUT2D eigenvalue weighted by Crippen LogP contribution is -2.22. The van der Waals surface area contributed by atoms with Crippen LogP contribution in [0.15, 0.2) is 48.3 Å². The summed E-state index contributed by atoms with van der Waals surface area (Å²) in [6.07, 6.45) is 1.72. The second-order valence-corrected chi connectivity index (χ2v) is 3.74. The van der Waals surface area contributed by atoms with Crippen molar-refractivity contribution in [3.05, 3.63) is 54.0 Å². The quantitative estimate of drug-likeness (QED) is 0.721. The minimum Gasteiger partial charge on any atom is -0.288 e. The van der Waals surface area contributed by atoms with Crippen molar-refractivity contribution in [1.82, 2.24) is 9.13 Å². The van der Waals surface area contributed by atoms with Crippen LogP contribution in [0.4, 0.5) is 0 Å². The van der Waals surface area contributed by atoms with Gasteiger partial charge < -0.3 is 0 Å². The fraction of sp³-hybridized carbons (Fsp3) is 0.154. The van der Waals surface area contributed by atoms with Gasteiger partial charge in [0.15, 0.2) is 0 Å². The highest BCUT2D eigenvalue weighted by molar-refractivity contribution is 5.79. The highest BCUT2D eigenvalue weighted by Gasteiger charge is 2.11. The van der Waals surface area contributed by atoms with Gasteiger partial charge in [0.1, 0.15) is 0 Å². The number of aromatic nitrogens is 2. The van der Waals surface area contributed by atoms with Crippen LogP contribution in [-0.4, -0.2) is 9.13 Å². The Balaban J connectivity index is 2.91. The van der Waals surface area contributed by atoms with Crippen molar-refractivity contribution in [2.24, 2.45) is 0 Å². The number of para-hydroxylation sites is 2. The van der Waals surface area contributed by atoms with Crippen molar-refractivity contribution in [1.29, 1.82) is 0 Å². The van der Waals surface area contributed by atoms with Crippen LogP contribution in [0.25, 0.3) is 16.7 Å². The van der Waals surface area contributed by atoms with Crippen LogP contribution in [0.1, 0.15) is 6.92 Å². The molecular weight excluding hydrogens is 200 g/mol. The van der Waals surface area contributed by atoms with E-state index < -0.39 is 0 Å². The van der Waals surface area contributed by atoms with Crippen LogP contribution in [0.2, 0.25) is 0 Å². The van der Waals surface area contributed by atoms with Gasteiger partial charge in [0.2, 0.25) is 0 Å². The molecule has 0 saturated carbocycles. The Bertz CT molecular complexity index is 616. The summed E-state index contributed by atoms with van der Waals surface area (Å²) in [6.45, 7) is 9.84. The van der Waals surface area contributed by atoms with E-state index in [0.29, 0.717) is 6.54 Å². The monoisotopic (exact) mass is 214 g/mol. The molecular formula is C13H14N2O. The second kappa shape index (κ2) is 3.85. The minimum atomic E-state index is -0.0615. The Labute approximate surface area is 93.9 Å². The zero-order valence-corrected chi connectivity index (χ0v) is 9.31. The third kappa shape index (κ3) is 1.41. The van der Waals surface area contributed by atoms with Gasteiger partial charge in [-0.15, -0.1) is 6.58 Å². The maximum Gasteiger partial charge on any atom is 0.333 e. The molecule has 0 aliphatic rings. The van der Waals surface area contributed by atoms with Crippen molar-refractivity contribution in [2.45, 2.75) is 13.5 Å². The van der Waals surface area contributed by atoms with Crippen molar-refractivity contribution < 1.29 is 0 Å².